The highest BCUT2D eigenvalue weighted by Crippen LogP contribution is 2.20. The molecule has 1 unspecified atom stereocenters. The number of aryl methyl sites for hydroxylation is 2. The molecule has 0 spiro atoms. The molecule has 17 heavy (non-hydrogen) atoms. The molecule has 1 heteroatoms. The van der Waals surface area contributed by atoms with Crippen LogP contribution in [0.4, 0.5) is 0 Å². The van der Waals surface area contributed by atoms with Crippen molar-refractivity contribution in [2.75, 3.05) is 0 Å². The fraction of sp³-hybridized carbons (Fsp3) is 0.250. The molecule has 2 aromatic rings. The molecule has 0 aromatic heterocycles. The Labute approximate surface area is 103 Å². The van der Waals surface area contributed by atoms with Gasteiger partial charge in [0, 0.05) is 0 Å². The summed E-state index contributed by atoms with van der Waals surface area (Å²) < 4.78 is 0. The second-order valence-corrected chi connectivity index (χ2v) is 4.49. The molecule has 88 valence electrons. The molecule has 0 bridgehead atoms. The second-order valence-electron chi connectivity index (χ2n) is 4.49. The topological polar surface area (TPSA) is 26.0 Å². The Morgan fingerprint density at radius 2 is 1.71 bits per heavy atom. The molecule has 0 saturated heterocycles. The number of benzene rings is 2. The van der Waals surface area contributed by atoms with Gasteiger partial charge in [0.1, 0.15) is 0 Å². The minimum Gasteiger partial charge on any atom is -0.320 e. The predicted octanol–water partition coefficient (Wildman–Crippen LogP) is 3.61. The Morgan fingerprint density at radius 3 is 2.35 bits per heavy atom. The van der Waals surface area contributed by atoms with E-state index in [0.29, 0.717) is 0 Å². The first-order chi connectivity index (χ1) is 8.20. The second kappa shape index (κ2) is 5.15. The third-order valence-electron chi connectivity index (χ3n) is 3.15. The first kappa shape index (κ1) is 11.9. The van der Waals surface area contributed by atoms with E-state index in [0.717, 1.165) is 6.42 Å². The first-order valence-electron chi connectivity index (χ1n) is 6.11. The van der Waals surface area contributed by atoms with E-state index < -0.39 is 0 Å². The lowest BCUT2D eigenvalue weighted by Crippen LogP contribution is -2.11. The van der Waals surface area contributed by atoms with Crippen molar-refractivity contribution in [1.82, 2.24) is 0 Å². The van der Waals surface area contributed by atoms with Crippen molar-refractivity contribution < 1.29 is 0 Å². The minimum absolute atomic E-state index is 0.0258. The molecule has 1 atom stereocenters. The monoisotopic (exact) mass is 225 g/mol. The van der Waals surface area contributed by atoms with Crippen molar-refractivity contribution in [1.29, 1.82) is 0 Å². The maximum atomic E-state index is 6.29. The van der Waals surface area contributed by atoms with Gasteiger partial charge < -0.3 is 5.73 Å². The van der Waals surface area contributed by atoms with Crippen molar-refractivity contribution in [3.8, 4) is 0 Å². The van der Waals surface area contributed by atoms with Crippen molar-refractivity contribution in [3.63, 3.8) is 0 Å². The van der Waals surface area contributed by atoms with E-state index in [9.17, 15) is 0 Å². The van der Waals surface area contributed by atoms with Crippen molar-refractivity contribution in [2.45, 2.75) is 26.3 Å². The molecule has 0 radical (unpaired) electrons. The average molecular weight is 225 g/mol. The van der Waals surface area contributed by atoms with Crippen LogP contribution < -0.4 is 5.73 Å². The van der Waals surface area contributed by atoms with E-state index in [1.807, 2.05) is 0 Å². The molecule has 0 aliphatic heterocycles. The molecule has 0 heterocycles. The quantitative estimate of drug-likeness (QED) is 0.848. The predicted molar refractivity (Wildman–Crippen MR) is 73.0 cm³/mol. The lowest BCUT2D eigenvalue weighted by molar-refractivity contribution is 0.866. The summed E-state index contributed by atoms with van der Waals surface area (Å²) >= 11 is 0. The lowest BCUT2D eigenvalue weighted by atomic mass is 9.97. The van der Waals surface area contributed by atoms with E-state index in [2.05, 4.69) is 62.4 Å². The Morgan fingerprint density at radius 1 is 1.00 bits per heavy atom. The Balaban J connectivity index is 2.29. The van der Waals surface area contributed by atoms with Gasteiger partial charge in [0.05, 0.1) is 6.04 Å². The SMILES string of the molecule is CCc1cccc(C(N)c2ccc(C)cc2)c1. The first-order valence-corrected chi connectivity index (χ1v) is 6.11. The van der Waals surface area contributed by atoms with Gasteiger partial charge in [-0.1, -0.05) is 61.0 Å². The molecule has 0 amide bonds. The summed E-state index contributed by atoms with van der Waals surface area (Å²) in [6, 6.07) is 16.9. The molecule has 0 fully saturated rings. The molecular formula is C16H19N. The molecule has 2 aromatic carbocycles. The minimum atomic E-state index is -0.0258. The van der Waals surface area contributed by atoms with E-state index in [4.69, 9.17) is 5.73 Å². The van der Waals surface area contributed by atoms with Crippen LogP contribution in [-0.4, -0.2) is 0 Å². The highest BCUT2D eigenvalue weighted by Gasteiger charge is 2.08. The fourth-order valence-corrected chi connectivity index (χ4v) is 1.97. The average Bonchev–Trinajstić information content (AvgIpc) is 2.39. The number of rotatable bonds is 3. The Hall–Kier alpha value is -1.60. The van der Waals surface area contributed by atoms with E-state index >= 15 is 0 Å². The van der Waals surface area contributed by atoms with E-state index in [1.54, 1.807) is 0 Å². The number of nitrogens with two attached hydrogens (primary N) is 1. The fourth-order valence-electron chi connectivity index (χ4n) is 1.97. The highest BCUT2D eigenvalue weighted by molar-refractivity contribution is 5.34. The van der Waals surface area contributed by atoms with Crippen LogP contribution in [0.3, 0.4) is 0 Å². The maximum Gasteiger partial charge on any atom is 0.0551 e. The molecule has 2 N–H and O–H groups in total. The van der Waals surface area contributed by atoms with Gasteiger partial charge in [-0.3, -0.25) is 0 Å². The number of hydrogen-bond donors (Lipinski definition) is 1. The van der Waals surface area contributed by atoms with Crippen LogP contribution in [0.15, 0.2) is 48.5 Å². The van der Waals surface area contributed by atoms with Gasteiger partial charge in [0.2, 0.25) is 0 Å². The molecular weight excluding hydrogens is 206 g/mol. The summed E-state index contributed by atoms with van der Waals surface area (Å²) in [6.45, 7) is 4.25. The standard InChI is InChI=1S/C16H19N/c1-3-13-5-4-6-15(11-13)16(17)14-9-7-12(2)8-10-14/h4-11,16H,3,17H2,1-2H3. The third-order valence-corrected chi connectivity index (χ3v) is 3.15. The molecule has 1 nitrogen and oxygen atoms in total. The molecule has 0 aliphatic carbocycles. The van der Waals surface area contributed by atoms with Gasteiger partial charge in [-0.15, -0.1) is 0 Å². The van der Waals surface area contributed by atoms with Gasteiger partial charge >= 0.3 is 0 Å². The normalized spacial score (nSPS) is 12.4. The number of hydrogen-bond acceptors (Lipinski definition) is 1. The van der Waals surface area contributed by atoms with Gasteiger partial charge in [0.25, 0.3) is 0 Å². The zero-order valence-corrected chi connectivity index (χ0v) is 10.5. The van der Waals surface area contributed by atoms with Crippen LogP contribution >= 0.6 is 0 Å². The summed E-state index contributed by atoms with van der Waals surface area (Å²) in [4.78, 5) is 0. The van der Waals surface area contributed by atoms with Crippen molar-refractivity contribution in [2.24, 2.45) is 5.73 Å². The lowest BCUT2D eigenvalue weighted by Gasteiger charge is -2.13. The third kappa shape index (κ3) is 2.75. The largest absolute Gasteiger partial charge is 0.320 e. The smallest absolute Gasteiger partial charge is 0.0551 e. The maximum absolute atomic E-state index is 6.29. The van der Waals surface area contributed by atoms with Crippen molar-refractivity contribution >= 4 is 0 Å². The van der Waals surface area contributed by atoms with Gasteiger partial charge in [-0.25, -0.2) is 0 Å². The molecule has 0 saturated carbocycles. The summed E-state index contributed by atoms with van der Waals surface area (Å²) in [6.07, 6.45) is 1.05. The highest BCUT2D eigenvalue weighted by atomic mass is 14.6. The van der Waals surface area contributed by atoms with Crippen LogP contribution in [0, 0.1) is 6.92 Å². The summed E-state index contributed by atoms with van der Waals surface area (Å²) in [5.74, 6) is 0. The van der Waals surface area contributed by atoms with Gasteiger partial charge in [-0.05, 0) is 30.0 Å². The van der Waals surface area contributed by atoms with Crippen LogP contribution in [0.1, 0.15) is 35.2 Å². The molecule has 2 rings (SSSR count). The van der Waals surface area contributed by atoms with Crippen LogP contribution in [-0.2, 0) is 6.42 Å². The van der Waals surface area contributed by atoms with Gasteiger partial charge in [0.15, 0.2) is 0 Å². The van der Waals surface area contributed by atoms with Crippen molar-refractivity contribution in [3.05, 3.63) is 70.8 Å². The molecule has 0 aliphatic rings. The van der Waals surface area contributed by atoms with E-state index in [-0.39, 0.29) is 6.04 Å². The van der Waals surface area contributed by atoms with Gasteiger partial charge in [-0.2, -0.15) is 0 Å². The summed E-state index contributed by atoms with van der Waals surface area (Å²) in [5.41, 5.74) is 11.3. The summed E-state index contributed by atoms with van der Waals surface area (Å²) in [7, 11) is 0. The summed E-state index contributed by atoms with van der Waals surface area (Å²) in [5, 5.41) is 0. The Bertz CT molecular complexity index is 485. The van der Waals surface area contributed by atoms with Crippen LogP contribution in [0.2, 0.25) is 0 Å². The van der Waals surface area contributed by atoms with E-state index in [1.165, 1.54) is 22.3 Å². The zero-order valence-electron chi connectivity index (χ0n) is 10.5. The Kier molecular flexibility index (Phi) is 3.60. The van der Waals surface area contributed by atoms with Crippen LogP contribution in [0.5, 0.6) is 0 Å². The van der Waals surface area contributed by atoms with Crippen LogP contribution in [0.25, 0.3) is 0 Å². The zero-order chi connectivity index (χ0) is 12.3.